The number of hydrogen-bond donors (Lipinski definition) is 0. The van der Waals surface area contributed by atoms with Gasteiger partial charge < -0.3 is 0 Å². The molecule has 0 aliphatic carbocycles. The van der Waals surface area contributed by atoms with Crippen molar-refractivity contribution >= 4 is 10.9 Å². The van der Waals surface area contributed by atoms with Crippen molar-refractivity contribution in [1.82, 2.24) is 0 Å². The van der Waals surface area contributed by atoms with Crippen LogP contribution in [0.5, 0.6) is 0 Å². The van der Waals surface area contributed by atoms with Gasteiger partial charge in [0.05, 0.1) is 10.9 Å². The van der Waals surface area contributed by atoms with Crippen molar-refractivity contribution in [1.29, 1.82) is 0 Å². The molecule has 0 aliphatic rings. The Morgan fingerprint density at radius 3 is 0.615 bits per heavy atom. The maximum atomic E-state index is 2.21. The topological polar surface area (TPSA) is 0 Å². The highest BCUT2D eigenvalue weighted by atomic mass is 127. The largest absolute Gasteiger partial charge is 0.357 e. The summed E-state index contributed by atoms with van der Waals surface area (Å²) in [5.74, 6) is 0. The summed E-state index contributed by atoms with van der Waals surface area (Å²) in [5, 5.41) is 0. The van der Waals surface area contributed by atoms with E-state index in [2.05, 4.69) is 179 Å². The average molecular weight is 843 g/mol. The molecule has 2 heteroatoms. The zero-order valence-electron chi connectivity index (χ0n) is 37.1. The molecule has 5 aromatic carbocycles. The molecular formula is C50H83IS+2. The molecule has 0 N–H and O–H groups in total. The first kappa shape index (κ1) is 61.2. The van der Waals surface area contributed by atoms with Crippen molar-refractivity contribution in [3.05, 3.63) is 159 Å². The van der Waals surface area contributed by atoms with E-state index in [1.165, 1.54) is 34.7 Å². The van der Waals surface area contributed by atoms with Crippen molar-refractivity contribution in [2.45, 2.75) is 152 Å². The standard InChI is InChI=1S/C18H15S.C12H10I.2C3H8.7C2H6/c1-4-10-16(11-5-1)19(17-12-6-2-7-13-17)18-14-8-3-9-15-18;1-3-7-11(8-4-1)13-12-9-5-2-6-10-12;2*1-3-2;7*1-2/h1-15H;1-10H;2*3H2,1-2H3;7*1-2H3/q2*+1;;;;;;;;;. The van der Waals surface area contributed by atoms with Crippen LogP contribution < -0.4 is 21.2 Å². The lowest BCUT2D eigenvalue weighted by atomic mass is 10.4. The normalized spacial score (nSPS) is 7.83. The molecule has 0 spiro atoms. The van der Waals surface area contributed by atoms with Gasteiger partial charge in [-0.1, -0.05) is 228 Å². The van der Waals surface area contributed by atoms with E-state index in [9.17, 15) is 0 Å². The lowest BCUT2D eigenvalue weighted by molar-refractivity contribution is -0.597. The van der Waals surface area contributed by atoms with Crippen molar-refractivity contribution in [3.8, 4) is 0 Å². The summed E-state index contributed by atoms with van der Waals surface area (Å²) >= 11 is 0.0287. The molecule has 0 saturated heterocycles. The molecule has 5 rings (SSSR count). The van der Waals surface area contributed by atoms with Gasteiger partial charge in [-0.2, -0.15) is 0 Å². The smallest absolute Gasteiger partial charge is 0.0683 e. The Morgan fingerprint density at radius 2 is 0.442 bits per heavy atom. The third kappa shape index (κ3) is 35.6. The fourth-order valence-corrected chi connectivity index (χ4v) is 7.53. The second-order valence-electron chi connectivity index (χ2n) is 8.35. The Morgan fingerprint density at radius 1 is 0.288 bits per heavy atom. The molecule has 0 fully saturated rings. The van der Waals surface area contributed by atoms with Gasteiger partial charge in [0, 0.05) is 0 Å². The van der Waals surface area contributed by atoms with E-state index < -0.39 is 0 Å². The molecule has 52 heavy (non-hydrogen) atoms. The van der Waals surface area contributed by atoms with Gasteiger partial charge in [0.15, 0.2) is 21.8 Å². The van der Waals surface area contributed by atoms with Gasteiger partial charge in [-0.3, -0.25) is 0 Å². The lowest BCUT2D eigenvalue weighted by Crippen LogP contribution is -3.61. The van der Waals surface area contributed by atoms with E-state index >= 15 is 0 Å². The van der Waals surface area contributed by atoms with E-state index in [4.69, 9.17) is 0 Å². The number of rotatable bonds is 5. The molecular weight excluding hydrogens is 760 g/mol. The average Bonchev–Trinajstić information content (AvgIpc) is 3.26. The first-order chi connectivity index (χ1) is 25.7. The molecule has 294 valence electrons. The number of halogens is 1. The van der Waals surface area contributed by atoms with Crippen molar-refractivity contribution in [3.63, 3.8) is 0 Å². The Balaban J connectivity index is -0.000000140. The number of benzene rings is 5. The van der Waals surface area contributed by atoms with E-state index in [1.807, 2.05) is 96.9 Å². The minimum Gasteiger partial charge on any atom is -0.0683 e. The number of hydrogen-bond acceptors (Lipinski definition) is 0. The summed E-state index contributed by atoms with van der Waals surface area (Å²) in [6, 6.07) is 53.6. The molecule has 0 radical (unpaired) electrons. The minimum absolute atomic E-state index is 0.0146. The Hall–Kier alpha value is -2.82. The monoisotopic (exact) mass is 843 g/mol. The second-order valence-corrected chi connectivity index (χ2v) is 13.4. The molecule has 0 saturated carbocycles. The highest BCUT2D eigenvalue weighted by molar-refractivity contribution is 7.97. The molecule has 0 nitrogen and oxygen atoms in total. The predicted molar refractivity (Wildman–Crippen MR) is 243 cm³/mol. The van der Waals surface area contributed by atoms with Gasteiger partial charge in [0.25, 0.3) is 0 Å². The highest BCUT2D eigenvalue weighted by Crippen LogP contribution is 2.30. The van der Waals surface area contributed by atoms with Crippen molar-refractivity contribution < 1.29 is 21.2 Å². The van der Waals surface area contributed by atoms with Gasteiger partial charge >= 0.3 is 21.2 Å². The maximum absolute atomic E-state index is 2.21. The van der Waals surface area contributed by atoms with Crippen LogP contribution in [0.15, 0.2) is 166 Å². The second kappa shape index (κ2) is 57.5. The zero-order valence-corrected chi connectivity index (χ0v) is 40.1. The third-order valence-corrected chi connectivity index (χ3v) is 9.54. The molecule has 0 unspecified atom stereocenters. The molecule has 0 amide bonds. The van der Waals surface area contributed by atoms with Crippen LogP contribution in [-0.2, 0) is 10.9 Å². The first-order valence-corrected chi connectivity index (χ1v) is 23.8. The third-order valence-electron chi connectivity index (χ3n) is 4.62. The van der Waals surface area contributed by atoms with Crippen LogP contribution >= 0.6 is 0 Å². The van der Waals surface area contributed by atoms with Crippen LogP contribution in [0.2, 0.25) is 0 Å². The summed E-state index contributed by atoms with van der Waals surface area (Å²) in [5.41, 5.74) is 0. The fraction of sp³-hybridized carbons (Fsp3) is 0.400. The quantitative estimate of drug-likeness (QED) is 0.122. The molecule has 0 atom stereocenters. The molecule has 0 aliphatic heterocycles. The first-order valence-electron chi connectivity index (χ1n) is 20.4. The Bertz CT molecular complexity index is 1060. The van der Waals surface area contributed by atoms with E-state index in [0.29, 0.717) is 0 Å². The summed E-state index contributed by atoms with van der Waals surface area (Å²) in [7, 11) is -0.0146. The summed E-state index contributed by atoms with van der Waals surface area (Å²) in [4.78, 5) is 4.08. The summed E-state index contributed by atoms with van der Waals surface area (Å²) < 4.78 is 2.96. The van der Waals surface area contributed by atoms with Crippen LogP contribution in [0.1, 0.15) is 137 Å². The summed E-state index contributed by atoms with van der Waals surface area (Å²) in [6.07, 6.45) is 2.50. The van der Waals surface area contributed by atoms with Crippen LogP contribution in [0, 0.1) is 7.14 Å². The van der Waals surface area contributed by atoms with Crippen LogP contribution in [0.4, 0.5) is 0 Å². The lowest BCUT2D eigenvalue weighted by Gasteiger charge is -2.07. The van der Waals surface area contributed by atoms with Gasteiger partial charge in [-0.05, 0) is 60.7 Å². The maximum Gasteiger partial charge on any atom is 0.357 e. The fourth-order valence-electron chi connectivity index (χ4n) is 3.16. The molecule has 5 aromatic rings. The predicted octanol–water partition coefficient (Wildman–Crippen LogP) is 14.6. The Labute approximate surface area is 340 Å². The van der Waals surface area contributed by atoms with Crippen LogP contribution in [-0.4, -0.2) is 0 Å². The van der Waals surface area contributed by atoms with Crippen molar-refractivity contribution in [2.75, 3.05) is 0 Å². The highest BCUT2D eigenvalue weighted by Gasteiger charge is 2.27. The summed E-state index contributed by atoms with van der Waals surface area (Å²) in [6.45, 7) is 36.5. The van der Waals surface area contributed by atoms with Gasteiger partial charge in [0.1, 0.15) is 0 Å². The van der Waals surface area contributed by atoms with Crippen LogP contribution in [0.3, 0.4) is 0 Å². The van der Waals surface area contributed by atoms with E-state index in [-0.39, 0.29) is 32.1 Å². The zero-order chi connectivity index (χ0) is 41.3. The van der Waals surface area contributed by atoms with Gasteiger partial charge in [-0.15, -0.1) is 0 Å². The van der Waals surface area contributed by atoms with Crippen molar-refractivity contribution in [2.24, 2.45) is 0 Å². The molecule has 0 bridgehead atoms. The van der Waals surface area contributed by atoms with E-state index in [1.54, 1.807) is 0 Å². The Kier molecular flexibility index (Phi) is 67.7. The van der Waals surface area contributed by atoms with Gasteiger partial charge in [0.2, 0.25) is 0 Å². The molecule has 0 aromatic heterocycles. The van der Waals surface area contributed by atoms with E-state index in [0.717, 1.165) is 0 Å². The SMILES string of the molecule is CC.CC.CC.CC.CC.CC.CC.CCC.CCC.c1ccc([I+]c2ccccc2)cc1.c1ccc([S+](c2ccccc2)c2ccccc2)cc1. The van der Waals surface area contributed by atoms with Crippen LogP contribution in [0.25, 0.3) is 0 Å². The minimum atomic E-state index is -0.0146. The van der Waals surface area contributed by atoms with Gasteiger partial charge in [-0.25, -0.2) is 0 Å². The molecule has 0 heterocycles.